The number of aromatic nitrogens is 1. The van der Waals surface area contributed by atoms with Crippen LogP contribution in [-0.2, 0) is 0 Å². The molecule has 1 heterocycles. The Morgan fingerprint density at radius 2 is 2.04 bits per heavy atom. The van der Waals surface area contributed by atoms with Crippen molar-refractivity contribution in [2.45, 2.75) is 26.4 Å². The molecule has 1 amide bonds. The number of nitro benzene ring substituents is 1. The van der Waals surface area contributed by atoms with Crippen LogP contribution in [0.15, 0.2) is 29.6 Å². The summed E-state index contributed by atoms with van der Waals surface area (Å²) >= 11 is 1.31. The number of aliphatic hydroxyl groups is 1. The molecule has 2 aromatic rings. The summed E-state index contributed by atoms with van der Waals surface area (Å²) in [5.74, 6) is -0.0985. The van der Waals surface area contributed by atoms with Crippen LogP contribution in [-0.4, -0.2) is 33.6 Å². The van der Waals surface area contributed by atoms with E-state index in [9.17, 15) is 20.0 Å². The van der Waals surface area contributed by atoms with Gasteiger partial charge in [-0.05, 0) is 31.4 Å². The lowest BCUT2D eigenvalue weighted by atomic mass is 10.0. The van der Waals surface area contributed by atoms with E-state index in [0.29, 0.717) is 23.7 Å². The summed E-state index contributed by atoms with van der Waals surface area (Å²) in [6.45, 7) is 4.14. The number of rotatable bonds is 7. The second kappa shape index (κ2) is 7.98. The second-order valence-corrected chi connectivity index (χ2v) is 6.60. The highest BCUT2D eigenvalue weighted by molar-refractivity contribution is 7.13. The predicted octanol–water partition coefficient (Wildman–Crippen LogP) is 2.86. The average Bonchev–Trinajstić information content (AvgIpc) is 3.02. The lowest BCUT2D eigenvalue weighted by Crippen LogP contribution is -2.29. The van der Waals surface area contributed by atoms with Gasteiger partial charge in [0, 0.05) is 29.6 Å². The van der Waals surface area contributed by atoms with Crippen molar-refractivity contribution >= 4 is 22.9 Å². The van der Waals surface area contributed by atoms with Crippen molar-refractivity contribution in [2.24, 2.45) is 5.92 Å². The highest BCUT2D eigenvalue weighted by Gasteiger charge is 2.14. The molecule has 24 heavy (non-hydrogen) atoms. The van der Waals surface area contributed by atoms with E-state index >= 15 is 0 Å². The molecule has 0 radical (unpaired) electrons. The van der Waals surface area contributed by atoms with Crippen molar-refractivity contribution in [1.29, 1.82) is 0 Å². The van der Waals surface area contributed by atoms with E-state index in [4.69, 9.17) is 0 Å². The Morgan fingerprint density at radius 1 is 1.38 bits per heavy atom. The number of nitro groups is 1. The summed E-state index contributed by atoms with van der Waals surface area (Å²) in [4.78, 5) is 26.6. The van der Waals surface area contributed by atoms with Crippen LogP contribution >= 0.6 is 11.3 Å². The van der Waals surface area contributed by atoms with Crippen LogP contribution in [0.1, 0.15) is 30.8 Å². The van der Waals surface area contributed by atoms with E-state index in [1.165, 1.54) is 23.5 Å². The molecule has 0 saturated heterocycles. The first-order valence-corrected chi connectivity index (χ1v) is 8.41. The van der Waals surface area contributed by atoms with Crippen molar-refractivity contribution in [1.82, 2.24) is 10.3 Å². The first-order valence-electron chi connectivity index (χ1n) is 7.53. The molecule has 7 nitrogen and oxygen atoms in total. The van der Waals surface area contributed by atoms with Gasteiger partial charge >= 0.3 is 0 Å². The van der Waals surface area contributed by atoms with Gasteiger partial charge < -0.3 is 10.4 Å². The lowest BCUT2D eigenvalue weighted by Gasteiger charge is -2.13. The smallest absolute Gasteiger partial charge is 0.270 e. The van der Waals surface area contributed by atoms with E-state index < -0.39 is 11.0 Å². The number of nitrogens with zero attached hydrogens (tertiary/aromatic N) is 2. The Hall–Kier alpha value is -2.32. The maximum Gasteiger partial charge on any atom is 0.270 e. The summed E-state index contributed by atoms with van der Waals surface area (Å²) in [6, 6.07) is 6.05. The van der Waals surface area contributed by atoms with Crippen LogP contribution in [0, 0.1) is 16.0 Å². The van der Waals surface area contributed by atoms with Gasteiger partial charge in [0.1, 0.15) is 10.7 Å². The number of hydrogen-bond donors (Lipinski definition) is 2. The zero-order valence-electron chi connectivity index (χ0n) is 13.4. The van der Waals surface area contributed by atoms with Gasteiger partial charge in [0.2, 0.25) is 0 Å². The topological polar surface area (TPSA) is 105 Å². The van der Waals surface area contributed by atoms with E-state index in [-0.39, 0.29) is 17.5 Å². The fourth-order valence-electron chi connectivity index (χ4n) is 2.26. The molecule has 2 unspecified atom stereocenters. The van der Waals surface area contributed by atoms with E-state index in [1.807, 2.05) is 6.92 Å². The molecule has 128 valence electrons. The van der Waals surface area contributed by atoms with Crippen molar-refractivity contribution in [3.63, 3.8) is 0 Å². The van der Waals surface area contributed by atoms with Crippen molar-refractivity contribution in [3.05, 3.63) is 45.5 Å². The van der Waals surface area contributed by atoms with Crippen LogP contribution in [0.3, 0.4) is 0 Å². The standard InChI is InChI=1S/C16H19N3O4S/c1-10(7-11(2)20)8-17-15(21)14-9-24-16(18-14)12-3-5-13(6-4-12)19(22)23/h3-6,9-11,20H,7-8H2,1-2H3,(H,17,21). The van der Waals surface area contributed by atoms with Gasteiger partial charge in [0.05, 0.1) is 11.0 Å². The molecule has 2 atom stereocenters. The second-order valence-electron chi connectivity index (χ2n) is 5.74. The third-order valence-electron chi connectivity index (χ3n) is 3.42. The monoisotopic (exact) mass is 349 g/mol. The lowest BCUT2D eigenvalue weighted by molar-refractivity contribution is -0.384. The largest absolute Gasteiger partial charge is 0.393 e. The molecule has 0 spiro atoms. The number of aliphatic hydroxyl groups excluding tert-OH is 1. The average molecular weight is 349 g/mol. The summed E-state index contributed by atoms with van der Waals surface area (Å²) in [5, 5.41) is 25.1. The third-order valence-corrected chi connectivity index (χ3v) is 4.31. The Morgan fingerprint density at radius 3 is 2.62 bits per heavy atom. The van der Waals surface area contributed by atoms with Crippen molar-refractivity contribution in [2.75, 3.05) is 6.54 Å². The predicted molar refractivity (Wildman–Crippen MR) is 92.0 cm³/mol. The normalized spacial score (nSPS) is 13.3. The number of nitrogens with one attached hydrogen (secondary N) is 1. The first-order chi connectivity index (χ1) is 11.4. The van der Waals surface area contributed by atoms with Crippen molar-refractivity contribution in [3.8, 4) is 10.6 Å². The molecular formula is C16H19N3O4S. The molecular weight excluding hydrogens is 330 g/mol. The Bertz CT molecular complexity index is 712. The zero-order valence-corrected chi connectivity index (χ0v) is 14.2. The van der Waals surface area contributed by atoms with Crippen LogP contribution in [0.25, 0.3) is 10.6 Å². The Balaban J connectivity index is 1.99. The first kappa shape index (κ1) is 18.0. The number of benzene rings is 1. The number of thiazole rings is 1. The Labute approximate surface area is 143 Å². The number of amides is 1. The fraction of sp³-hybridized carbons (Fsp3) is 0.375. The van der Waals surface area contributed by atoms with Gasteiger partial charge in [-0.2, -0.15) is 0 Å². The van der Waals surface area contributed by atoms with Gasteiger partial charge in [-0.3, -0.25) is 14.9 Å². The SMILES string of the molecule is CC(O)CC(C)CNC(=O)c1csc(-c2ccc([N+](=O)[O-])cc2)n1. The number of non-ortho nitro benzene ring substituents is 1. The van der Waals surface area contributed by atoms with Gasteiger partial charge in [-0.25, -0.2) is 4.98 Å². The van der Waals surface area contributed by atoms with Gasteiger partial charge in [-0.15, -0.1) is 11.3 Å². The molecule has 0 aliphatic rings. The minimum absolute atomic E-state index is 0.0142. The van der Waals surface area contributed by atoms with Crippen LogP contribution in [0.2, 0.25) is 0 Å². The zero-order chi connectivity index (χ0) is 17.7. The molecule has 2 rings (SSSR count). The molecule has 0 aliphatic carbocycles. The minimum atomic E-state index is -0.459. The molecule has 0 saturated carbocycles. The summed E-state index contributed by atoms with van der Waals surface area (Å²) in [6.07, 6.45) is 0.218. The molecule has 2 N–H and O–H groups in total. The van der Waals surface area contributed by atoms with E-state index in [0.717, 1.165) is 5.56 Å². The van der Waals surface area contributed by atoms with Gasteiger partial charge in [-0.1, -0.05) is 6.92 Å². The molecule has 1 aromatic heterocycles. The highest BCUT2D eigenvalue weighted by atomic mass is 32.1. The van der Waals surface area contributed by atoms with Crippen LogP contribution < -0.4 is 5.32 Å². The quantitative estimate of drug-likeness (QED) is 0.590. The minimum Gasteiger partial charge on any atom is -0.393 e. The molecule has 0 fully saturated rings. The summed E-state index contributed by atoms with van der Waals surface area (Å²) in [7, 11) is 0. The molecule has 8 heteroatoms. The Kier molecular flexibility index (Phi) is 5.99. The number of carbonyl (C=O) groups excluding carboxylic acids is 1. The van der Waals surface area contributed by atoms with Crippen LogP contribution in [0.4, 0.5) is 5.69 Å². The molecule has 0 bridgehead atoms. The van der Waals surface area contributed by atoms with E-state index in [2.05, 4.69) is 10.3 Å². The van der Waals surface area contributed by atoms with Crippen molar-refractivity contribution < 1.29 is 14.8 Å². The van der Waals surface area contributed by atoms with Gasteiger partial charge in [0.25, 0.3) is 11.6 Å². The maximum absolute atomic E-state index is 12.1. The highest BCUT2D eigenvalue weighted by Crippen LogP contribution is 2.25. The third kappa shape index (κ3) is 4.84. The molecule has 1 aromatic carbocycles. The summed E-state index contributed by atoms with van der Waals surface area (Å²) < 4.78 is 0. The van der Waals surface area contributed by atoms with E-state index in [1.54, 1.807) is 24.4 Å². The number of hydrogen-bond acceptors (Lipinski definition) is 6. The van der Waals surface area contributed by atoms with Crippen LogP contribution in [0.5, 0.6) is 0 Å². The summed E-state index contributed by atoms with van der Waals surface area (Å²) in [5.41, 5.74) is 1.06. The molecule has 0 aliphatic heterocycles. The number of carbonyl (C=O) groups is 1. The van der Waals surface area contributed by atoms with Gasteiger partial charge in [0.15, 0.2) is 0 Å². The fourth-order valence-corrected chi connectivity index (χ4v) is 3.07. The maximum atomic E-state index is 12.1.